The first-order valence-corrected chi connectivity index (χ1v) is 13.3. The van der Waals surface area contributed by atoms with Gasteiger partial charge in [0.2, 0.25) is 5.91 Å². The number of nitrogens with one attached hydrogen (secondary N) is 1. The Hall–Kier alpha value is -0.393. The van der Waals surface area contributed by atoms with Gasteiger partial charge in [0, 0.05) is 25.2 Å². The van der Waals surface area contributed by atoms with Crippen LogP contribution in [0.1, 0.15) is 65.7 Å². The Morgan fingerprint density at radius 3 is 2.36 bits per heavy atom. The average Bonchev–Trinajstić information content (AvgIpc) is 2.97. The van der Waals surface area contributed by atoms with Crippen LogP contribution in [0.4, 0.5) is 0 Å². The van der Waals surface area contributed by atoms with Crippen LogP contribution in [0.15, 0.2) is 0 Å². The van der Waals surface area contributed by atoms with Crippen LogP contribution in [0, 0.1) is 5.41 Å². The quantitative estimate of drug-likeness (QED) is 0.724. The molecule has 0 aromatic rings. The lowest BCUT2D eigenvalue weighted by Crippen LogP contribution is -2.49. The Kier molecular flexibility index (Phi) is 6.27. The van der Waals surface area contributed by atoms with Crippen molar-refractivity contribution in [2.75, 3.05) is 19.6 Å². The lowest BCUT2D eigenvalue weighted by atomic mass is 9.79. The van der Waals surface area contributed by atoms with Gasteiger partial charge in [-0.25, -0.2) is 0 Å². The molecule has 4 nitrogen and oxygen atoms in total. The number of amides is 1. The van der Waals surface area contributed by atoms with E-state index in [1.807, 2.05) is 0 Å². The Morgan fingerprint density at radius 2 is 1.80 bits per heavy atom. The molecule has 1 N–H and O–H groups in total. The number of carbonyl (C=O) groups is 1. The third-order valence-corrected chi connectivity index (χ3v) is 12.2. The Labute approximate surface area is 155 Å². The first-order valence-electron chi connectivity index (χ1n) is 10.8. The molecule has 2 aliphatic heterocycles. The van der Waals surface area contributed by atoms with E-state index in [0.717, 1.165) is 64.6 Å². The van der Waals surface area contributed by atoms with Crippen LogP contribution in [0.3, 0.4) is 0 Å². The molecule has 0 radical (unpaired) electrons. The topological polar surface area (TPSA) is 41.6 Å². The van der Waals surface area contributed by atoms with Crippen molar-refractivity contribution >= 4 is 14.2 Å². The van der Waals surface area contributed by atoms with E-state index in [-0.39, 0.29) is 5.41 Å². The fourth-order valence-electron chi connectivity index (χ4n) is 5.39. The summed E-state index contributed by atoms with van der Waals surface area (Å²) in [6.07, 6.45) is 8.33. The SMILES string of the molecule is CC[Si](CC)(CC)OC1CCC(N2CC[C@]3(CCCNC3)C2=O)CC1. The summed E-state index contributed by atoms with van der Waals surface area (Å²) >= 11 is 0. The summed E-state index contributed by atoms with van der Waals surface area (Å²) in [4.78, 5) is 15.3. The molecule has 1 spiro atoms. The summed E-state index contributed by atoms with van der Waals surface area (Å²) in [6, 6.07) is 4.18. The molecular weight excluding hydrogens is 328 g/mol. The largest absolute Gasteiger partial charge is 0.414 e. The molecule has 0 aromatic heterocycles. The van der Waals surface area contributed by atoms with Gasteiger partial charge in [-0.2, -0.15) is 0 Å². The normalized spacial score (nSPS) is 34.0. The van der Waals surface area contributed by atoms with E-state index in [2.05, 4.69) is 31.0 Å². The number of carbonyl (C=O) groups excluding carboxylic acids is 1. The maximum atomic E-state index is 13.1. The molecular formula is C20H38N2O2Si. The van der Waals surface area contributed by atoms with Crippen molar-refractivity contribution in [3.05, 3.63) is 0 Å². The van der Waals surface area contributed by atoms with E-state index in [1.165, 1.54) is 18.1 Å². The van der Waals surface area contributed by atoms with Gasteiger partial charge in [0.25, 0.3) is 0 Å². The molecule has 0 unspecified atom stereocenters. The monoisotopic (exact) mass is 366 g/mol. The smallest absolute Gasteiger partial charge is 0.230 e. The maximum Gasteiger partial charge on any atom is 0.230 e. The summed E-state index contributed by atoms with van der Waals surface area (Å²) in [5.41, 5.74) is -0.0691. The van der Waals surface area contributed by atoms with Crippen molar-refractivity contribution in [1.82, 2.24) is 10.2 Å². The molecule has 1 saturated carbocycles. The molecule has 2 saturated heterocycles. The van der Waals surface area contributed by atoms with Gasteiger partial charge in [-0.3, -0.25) is 4.79 Å². The molecule has 0 aromatic carbocycles. The predicted octanol–water partition coefficient (Wildman–Crippen LogP) is 3.92. The lowest BCUT2D eigenvalue weighted by Gasteiger charge is -2.40. The van der Waals surface area contributed by atoms with Crippen molar-refractivity contribution in [3.63, 3.8) is 0 Å². The summed E-state index contributed by atoms with van der Waals surface area (Å²) in [6.45, 7) is 9.89. The van der Waals surface area contributed by atoms with Gasteiger partial charge in [-0.1, -0.05) is 20.8 Å². The number of hydrogen-bond donors (Lipinski definition) is 1. The molecule has 0 bridgehead atoms. The molecule has 1 aliphatic carbocycles. The van der Waals surface area contributed by atoms with Crippen molar-refractivity contribution in [2.45, 2.75) is 96.0 Å². The Bertz CT molecular complexity index is 444. The molecule has 5 heteroatoms. The van der Waals surface area contributed by atoms with Gasteiger partial charge >= 0.3 is 0 Å². The minimum atomic E-state index is -1.49. The van der Waals surface area contributed by atoms with Crippen LogP contribution in [0.25, 0.3) is 0 Å². The zero-order chi connectivity index (χ0) is 17.9. The zero-order valence-electron chi connectivity index (χ0n) is 16.6. The summed E-state index contributed by atoms with van der Waals surface area (Å²) in [5.74, 6) is 0.448. The number of piperidine rings is 1. The van der Waals surface area contributed by atoms with E-state index in [9.17, 15) is 4.79 Å². The van der Waals surface area contributed by atoms with Gasteiger partial charge in [-0.15, -0.1) is 0 Å². The molecule has 3 aliphatic rings. The number of likely N-dealkylation sites (tertiary alicyclic amines) is 1. The average molecular weight is 367 g/mol. The molecule has 1 amide bonds. The molecule has 3 rings (SSSR count). The Balaban J connectivity index is 1.53. The van der Waals surface area contributed by atoms with Crippen LogP contribution in [-0.4, -0.2) is 50.9 Å². The fourth-order valence-corrected chi connectivity index (χ4v) is 8.33. The summed E-state index contributed by atoms with van der Waals surface area (Å²) in [5, 5.41) is 3.46. The maximum absolute atomic E-state index is 13.1. The number of hydrogen-bond acceptors (Lipinski definition) is 3. The second-order valence-corrected chi connectivity index (χ2v) is 13.3. The number of nitrogens with zero attached hydrogens (tertiary/aromatic N) is 1. The van der Waals surface area contributed by atoms with Gasteiger partial charge in [0.05, 0.1) is 5.41 Å². The third-order valence-electron chi connectivity index (χ3n) is 7.45. The predicted molar refractivity (Wildman–Crippen MR) is 105 cm³/mol. The van der Waals surface area contributed by atoms with Gasteiger partial charge in [0.15, 0.2) is 8.32 Å². The van der Waals surface area contributed by atoms with Crippen LogP contribution in [0.5, 0.6) is 0 Å². The highest BCUT2D eigenvalue weighted by molar-refractivity contribution is 6.73. The van der Waals surface area contributed by atoms with E-state index in [1.54, 1.807) is 0 Å². The van der Waals surface area contributed by atoms with E-state index >= 15 is 0 Å². The van der Waals surface area contributed by atoms with E-state index < -0.39 is 8.32 Å². The van der Waals surface area contributed by atoms with Gasteiger partial charge < -0.3 is 14.6 Å². The fraction of sp³-hybridized carbons (Fsp3) is 0.950. The second kappa shape index (κ2) is 8.09. The van der Waals surface area contributed by atoms with Crippen LogP contribution >= 0.6 is 0 Å². The molecule has 1 atom stereocenters. The van der Waals surface area contributed by atoms with E-state index in [0.29, 0.717) is 18.1 Å². The van der Waals surface area contributed by atoms with Crippen LogP contribution in [0.2, 0.25) is 18.1 Å². The van der Waals surface area contributed by atoms with Crippen molar-refractivity contribution < 1.29 is 9.22 Å². The molecule has 25 heavy (non-hydrogen) atoms. The van der Waals surface area contributed by atoms with Crippen molar-refractivity contribution in [2.24, 2.45) is 5.41 Å². The summed E-state index contributed by atoms with van der Waals surface area (Å²) < 4.78 is 6.70. The first-order chi connectivity index (χ1) is 12.1. The van der Waals surface area contributed by atoms with Crippen LogP contribution < -0.4 is 5.32 Å². The van der Waals surface area contributed by atoms with Crippen LogP contribution in [-0.2, 0) is 9.22 Å². The van der Waals surface area contributed by atoms with Crippen molar-refractivity contribution in [3.8, 4) is 0 Å². The lowest BCUT2D eigenvalue weighted by molar-refractivity contribution is -0.139. The third kappa shape index (κ3) is 3.84. The highest BCUT2D eigenvalue weighted by Gasteiger charge is 2.49. The first kappa shape index (κ1) is 19.4. The Morgan fingerprint density at radius 1 is 1.12 bits per heavy atom. The van der Waals surface area contributed by atoms with Crippen molar-refractivity contribution in [1.29, 1.82) is 0 Å². The molecule has 3 fully saturated rings. The summed E-state index contributed by atoms with van der Waals surface area (Å²) in [7, 11) is -1.49. The van der Waals surface area contributed by atoms with Gasteiger partial charge in [-0.05, 0) is 69.6 Å². The molecule has 2 heterocycles. The standard InChI is InChI=1S/C20H38N2O2Si/c1-4-25(5-2,6-3)24-18-10-8-17(9-11-18)22-15-13-20(19(22)23)12-7-14-21-16-20/h17-18,21H,4-16H2,1-3H3/t17?,18?,20-/m0/s1. The van der Waals surface area contributed by atoms with E-state index in [4.69, 9.17) is 4.43 Å². The minimum Gasteiger partial charge on any atom is -0.414 e. The highest BCUT2D eigenvalue weighted by Crippen LogP contribution is 2.41. The van der Waals surface area contributed by atoms with Gasteiger partial charge in [0.1, 0.15) is 0 Å². The second-order valence-electron chi connectivity index (χ2n) is 8.60. The highest BCUT2D eigenvalue weighted by atomic mass is 28.4. The minimum absolute atomic E-state index is 0.0691. The molecule has 144 valence electrons. The zero-order valence-corrected chi connectivity index (χ0v) is 17.6. The number of rotatable bonds is 6.